The molecule has 5 rings (SSSR count). The number of benzene rings is 3. The Kier molecular flexibility index (Phi) is 4.41. The number of imide groups is 2. The number of hydrogen-bond acceptors (Lipinski definition) is 5. The van der Waals surface area contributed by atoms with Crippen molar-refractivity contribution in [1.82, 2.24) is 9.80 Å². The van der Waals surface area contributed by atoms with Crippen LogP contribution in [0.2, 0.25) is 0 Å². The molecule has 0 saturated carbocycles. The van der Waals surface area contributed by atoms with Crippen LogP contribution in [0.3, 0.4) is 0 Å². The maximum Gasteiger partial charge on any atom is 0.261 e. The zero-order valence-corrected chi connectivity index (χ0v) is 17.3. The fourth-order valence-electron chi connectivity index (χ4n) is 4.30. The van der Waals surface area contributed by atoms with Gasteiger partial charge in [0.2, 0.25) is 0 Å². The maximum absolute atomic E-state index is 12.8. The van der Waals surface area contributed by atoms with Crippen LogP contribution in [0.5, 0.6) is 0 Å². The van der Waals surface area contributed by atoms with Gasteiger partial charge in [-0.05, 0) is 60.0 Å². The van der Waals surface area contributed by atoms with Crippen molar-refractivity contribution in [3.8, 4) is 0 Å². The largest absolute Gasteiger partial charge is 0.399 e. The molecule has 32 heavy (non-hydrogen) atoms. The molecule has 2 aliphatic heterocycles. The summed E-state index contributed by atoms with van der Waals surface area (Å²) in [4.78, 5) is 53.4. The van der Waals surface area contributed by atoms with Crippen LogP contribution < -0.4 is 5.73 Å². The van der Waals surface area contributed by atoms with Gasteiger partial charge in [-0.2, -0.15) is 0 Å². The highest BCUT2D eigenvalue weighted by Gasteiger charge is 2.37. The van der Waals surface area contributed by atoms with Crippen molar-refractivity contribution in [2.45, 2.75) is 20.0 Å². The van der Waals surface area contributed by atoms with E-state index in [1.165, 1.54) is 9.80 Å². The molecule has 7 nitrogen and oxygen atoms in total. The number of hydrogen-bond donors (Lipinski definition) is 1. The van der Waals surface area contributed by atoms with Gasteiger partial charge in [0.25, 0.3) is 23.6 Å². The molecule has 7 heteroatoms. The second-order valence-electron chi connectivity index (χ2n) is 7.95. The summed E-state index contributed by atoms with van der Waals surface area (Å²) in [7, 11) is 0. The fourth-order valence-corrected chi connectivity index (χ4v) is 4.30. The van der Waals surface area contributed by atoms with Gasteiger partial charge >= 0.3 is 0 Å². The van der Waals surface area contributed by atoms with Crippen molar-refractivity contribution in [2.24, 2.45) is 0 Å². The third kappa shape index (κ3) is 2.90. The van der Waals surface area contributed by atoms with Gasteiger partial charge in [-0.1, -0.05) is 24.3 Å². The topological polar surface area (TPSA) is 101 Å². The number of anilines is 1. The highest BCUT2D eigenvalue weighted by molar-refractivity contribution is 6.22. The average molecular weight is 425 g/mol. The van der Waals surface area contributed by atoms with Crippen molar-refractivity contribution in [3.05, 3.63) is 99.6 Å². The molecular weight excluding hydrogens is 406 g/mol. The van der Waals surface area contributed by atoms with Gasteiger partial charge in [0, 0.05) is 5.69 Å². The van der Waals surface area contributed by atoms with Crippen LogP contribution in [0, 0.1) is 6.92 Å². The molecule has 2 N–H and O–H groups in total. The number of carbonyl (C=O) groups is 4. The molecule has 0 fully saturated rings. The Hall–Kier alpha value is -4.26. The Morgan fingerprint density at radius 1 is 0.625 bits per heavy atom. The first-order valence-electron chi connectivity index (χ1n) is 10.1. The number of fused-ring (bicyclic) bond motifs is 2. The third-order valence-electron chi connectivity index (χ3n) is 6.06. The molecule has 2 heterocycles. The van der Waals surface area contributed by atoms with E-state index in [1.54, 1.807) is 60.7 Å². The van der Waals surface area contributed by atoms with Crippen LogP contribution in [-0.4, -0.2) is 33.4 Å². The molecular formula is C25H19N3O4. The molecule has 0 unspecified atom stereocenters. The molecule has 0 aromatic heterocycles. The number of nitrogen functional groups attached to an aromatic ring is 1. The summed E-state index contributed by atoms with van der Waals surface area (Å²) < 4.78 is 0. The molecule has 0 saturated heterocycles. The minimum Gasteiger partial charge on any atom is -0.399 e. The molecule has 0 atom stereocenters. The first kappa shape index (κ1) is 19.7. The van der Waals surface area contributed by atoms with E-state index in [2.05, 4.69) is 0 Å². The maximum atomic E-state index is 12.8. The van der Waals surface area contributed by atoms with Gasteiger partial charge < -0.3 is 5.73 Å². The zero-order chi connectivity index (χ0) is 22.6. The monoisotopic (exact) mass is 425 g/mol. The molecule has 158 valence electrons. The number of nitrogens with zero attached hydrogens (tertiary/aromatic N) is 2. The summed E-state index contributed by atoms with van der Waals surface area (Å²) in [5.74, 6) is -1.41. The number of amides is 4. The van der Waals surface area contributed by atoms with Crippen LogP contribution in [-0.2, 0) is 13.1 Å². The minimum absolute atomic E-state index is 0.0539. The SMILES string of the molecule is Cc1c(CN2C(=O)c3ccccc3C2=O)cc(N)cc1CN1C(=O)c2ccccc2C1=O. The van der Waals surface area contributed by atoms with Gasteiger partial charge in [-0.3, -0.25) is 29.0 Å². The Morgan fingerprint density at radius 2 is 0.938 bits per heavy atom. The molecule has 0 spiro atoms. The second kappa shape index (κ2) is 7.16. The summed E-state index contributed by atoms with van der Waals surface area (Å²) in [6.07, 6.45) is 0. The van der Waals surface area contributed by atoms with Crippen LogP contribution >= 0.6 is 0 Å². The molecule has 3 aromatic rings. The molecule has 0 radical (unpaired) electrons. The van der Waals surface area contributed by atoms with Crippen molar-refractivity contribution in [2.75, 3.05) is 5.73 Å². The predicted octanol–water partition coefficient (Wildman–Crippen LogP) is 3.17. The lowest BCUT2D eigenvalue weighted by atomic mass is 10.00. The van der Waals surface area contributed by atoms with Gasteiger partial charge in [0.15, 0.2) is 0 Å². The van der Waals surface area contributed by atoms with E-state index in [4.69, 9.17) is 5.73 Å². The smallest absolute Gasteiger partial charge is 0.261 e. The molecule has 0 bridgehead atoms. The highest BCUT2D eigenvalue weighted by Crippen LogP contribution is 2.29. The Balaban J connectivity index is 1.45. The number of nitrogens with two attached hydrogens (primary N) is 1. The van der Waals surface area contributed by atoms with E-state index in [0.717, 1.165) is 5.56 Å². The summed E-state index contributed by atoms with van der Waals surface area (Å²) in [5, 5.41) is 0. The van der Waals surface area contributed by atoms with Crippen molar-refractivity contribution in [3.63, 3.8) is 0 Å². The summed E-state index contributed by atoms with van der Waals surface area (Å²) >= 11 is 0. The van der Waals surface area contributed by atoms with Crippen LogP contribution in [0.15, 0.2) is 60.7 Å². The van der Waals surface area contributed by atoms with Crippen molar-refractivity contribution >= 4 is 29.3 Å². The van der Waals surface area contributed by atoms with E-state index in [1.807, 2.05) is 6.92 Å². The van der Waals surface area contributed by atoms with Crippen LogP contribution in [0.1, 0.15) is 58.1 Å². The Bertz CT molecular complexity index is 1180. The third-order valence-corrected chi connectivity index (χ3v) is 6.06. The standard InChI is InChI=1S/C25H19N3O4/c1-14-15(12-27-22(29)18-6-2-3-7-19(18)23(27)30)10-17(26)11-16(14)13-28-24(31)20-8-4-5-9-21(20)25(28)32/h2-11H,12-13,26H2,1H3. The predicted molar refractivity (Wildman–Crippen MR) is 117 cm³/mol. The highest BCUT2D eigenvalue weighted by atomic mass is 16.2. The molecule has 2 aliphatic rings. The summed E-state index contributed by atoms with van der Waals surface area (Å²) in [6, 6.07) is 16.9. The average Bonchev–Trinajstić information content (AvgIpc) is 3.18. The van der Waals surface area contributed by atoms with Gasteiger partial charge in [-0.15, -0.1) is 0 Å². The second-order valence-corrected chi connectivity index (χ2v) is 7.95. The first-order chi connectivity index (χ1) is 15.4. The minimum atomic E-state index is -0.352. The van der Waals surface area contributed by atoms with E-state index in [-0.39, 0.29) is 36.7 Å². The van der Waals surface area contributed by atoms with Crippen molar-refractivity contribution in [1.29, 1.82) is 0 Å². The van der Waals surface area contributed by atoms with E-state index in [9.17, 15) is 19.2 Å². The van der Waals surface area contributed by atoms with E-state index in [0.29, 0.717) is 39.1 Å². The lowest BCUT2D eigenvalue weighted by Crippen LogP contribution is -2.31. The quantitative estimate of drug-likeness (QED) is 0.511. The number of rotatable bonds is 4. The van der Waals surface area contributed by atoms with Crippen LogP contribution in [0.25, 0.3) is 0 Å². The molecule has 0 aliphatic carbocycles. The summed E-state index contributed by atoms with van der Waals surface area (Å²) in [5.41, 5.74) is 10.2. The normalized spacial score (nSPS) is 14.9. The van der Waals surface area contributed by atoms with E-state index < -0.39 is 0 Å². The Labute approximate surface area is 184 Å². The van der Waals surface area contributed by atoms with Gasteiger partial charge in [0.1, 0.15) is 0 Å². The zero-order valence-electron chi connectivity index (χ0n) is 17.3. The Morgan fingerprint density at radius 3 is 1.25 bits per heavy atom. The van der Waals surface area contributed by atoms with E-state index >= 15 is 0 Å². The first-order valence-corrected chi connectivity index (χ1v) is 10.1. The molecule has 4 amide bonds. The van der Waals surface area contributed by atoms with Gasteiger partial charge in [0.05, 0.1) is 35.3 Å². The van der Waals surface area contributed by atoms with Crippen molar-refractivity contribution < 1.29 is 19.2 Å². The lowest BCUT2D eigenvalue weighted by Gasteiger charge is -2.21. The summed E-state index contributed by atoms with van der Waals surface area (Å²) in [6.45, 7) is 1.94. The van der Waals surface area contributed by atoms with Crippen LogP contribution in [0.4, 0.5) is 5.69 Å². The van der Waals surface area contributed by atoms with Gasteiger partial charge in [-0.25, -0.2) is 0 Å². The number of carbonyl (C=O) groups excluding carboxylic acids is 4. The molecule has 3 aromatic carbocycles. The fraction of sp³-hybridized carbons (Fsp3) is 0.120. The lowest BCUT2D eigenvalue weighted by molar-refractivity contribution is 0.0630.